The number of fused-ring (bicyclic) bond motifs is 8. The van der Waals surface area contributed by atoms with E-state index >= 15 is 0 Å². The number of nitrogens with zero attached hydrogens (tertiary/aromatic N) is 4. The van der Waals surface area contributed by atoms with Crippen LogP contribution in [0.2, 0.25) is 0 Å². The minimum absolute atomic E-state index is 0.00481. The van der Waals surface area contributed by atoms with Gasteiger partial charge < -0.3 is 19.6 Å². The summed E-state index contributed by atoms with van der Waals surface area (Å²) in [5, 5.41) is 0. The zero-order valence-corrected chi connectivity index (χ0v) is 32.7. The van der Waals surface area contributed by atoms with E-state index in [0.29, 0.717) is 0 Å². The molecule has 0 unspecified atom stereocenters. The SMILES string of the molecule is c1ccc(N2c3ccccc3B3c4cc5c(cc4N(c4ccccc4)c4cccc2c43)B2c3ccccc3N(c3ccccc3)c3cccc(c32)N5c2ccccc2)cc1. The van der Waals surface area contributed by atoms with Crippen molar-refractivity contribution in [1.29, 1.82) is 0 Å². The van der Waals surface area contributed by atoms with Gasteiger partial charge in [-0.15, -0.1) is 0 Å². The molecule has 278 valence electrons. The largest absolute Gasteiger partial charge is 0.311 e. The number of benzene rings is 9. The molecule has 0 radical (unpaired) electrons. The Morgan fingerprint density at radius 1 is 0.217 bits per heavy atom. The van der Waals surface area contributed by atoms with Gasteiger partial charge in [-0.25, -0.2) is 0 Å². The molecule has 0 bridgehead atoms. The van der Waals surface area contributed by atoms with Crippen molar-refractivity contribution < 1.29 is 0 Å². The second kappa shape index (κ2) is 12.9. The maximum atomic E-state index is 2.55. The molecule has 0 spiro atoms. The third-order valence-corrected chi connectivity index (χ3v) is 13.0. The highest BCUT2D eigenvalue weighted by Crippen LogP contribution is 2.47. The molecule has 0 saturated heterocycles. The van der Waals surface area contributed by atoms with Crippen molar-refractivity contribution in [3.05, 3.63) is 218 Å². The summed E-state index contributed by atoms with van der Waals surface area (Å²) in [4.78, 5) is 9.98. The van der Waals surface area contributed by atoms with Crippen LogP contribution in [0.4, 0.5) is 68.2 Å². The summed E-state index contributed by atoms with van der Waals surface area (Å²) >= 11 is 0. The fraction of sp³-hybridized carbons (Fsp3) is 0. The number of anilines is 12. The molecule has 4 aliphatic heterocycles. The van der Waals surface area contributed by atoms with E-state index in [1.807, 2.05) is 0 Å². The van der Waals surface area contributed by atoms with E-state index in [-0.39, 0.29) is 13.4 Å². The second-order valence-corrected chi connectivity index (χ2v) is 16.1. The van der Waals surface area contributed by atoms with Crippen LogP contribution in [0.25, 0.3) is 0 Å². The van der Waals surface area contributed by atoms with E-state index in [0.717, 1.165) is 22.7 Å². The van der Waals surface area contributed by atoms with Crippen molar-refractivity contribution >= 4 is 114 Å². The van der Waals surface area contributed by atoms with Gasteiger partial charge in [0, 0.05) is 68.2 Å². The lowest BCUT2D eigenvalue weighted by molar-refractivity contribution is 1.24. The van der Waals surface area contributed by atoms with Crippen molar-refractivity contribution in [3.8, 4) is 0 Å². The quantitative estimate of drug-likeness (QED) is 0.166. The monoisotopic (exact) mass is 762 g/mol. The molecule has 60 heavy (non-hydrogen) atoms. The van der Waals surface area contributed by atoms with Crippen molar-refractivity contribution in [2.45, 2.75) is 0 Å². The van der Waals surface area contributed by atoms with Crippen molar-refractivity contribution in [3.63, 3.8) is 0 Å². The van der Waals surface area contributed by atoms with Crippen LogP contribution in [0.15, 0.2) is 218 Å². The molecule has 4 aliphatic rings. The van der Waals surface area contributed by atoms with Crippen molar-refractivity contribution in [2.75, 3.05) is 19.6 Å². The van der Waals surface area contributed by atoms with Crippen LogP contribution < -0.4 is 52.4 Å². The molecule has 0 N–H and O–H groups in total. The Morgan fingerprint density at radius 2 is 0.483 bits per heavy atom. The Hall–Kier alpha value is -7.69. The van der Waals surface area contributed by atoms with Crippen LogP contribution >= 0.6 is 0 Å². The maximum absolute atomic E-state index is 2.55. The van der Waals surface area contributed by atoms with Gasteiger partial charge in [0.2, 0.25) is 0 Å². The highest BCUT2D eigenvalue weighted by molar-refractivity contribution is 7.02. The van der Waals surface area contributed by atoms with Gasteiger partial charge in [0.15, 0.2) is 0 Å². The second-order valence-electron chi connectivity index (χ2n) is 16.1. The highest BCUT2D eigenvalue weighted by atomic mass is 15.2. The summed E-state index contributed by atoms with van der Waals surface area (Å²) in [7, 11) is 0. The summed E-state index contributed by atoms with van der Waals surface area (Å²) < 4.78 is 0. The average molecular weight is 763 g/mol. The van der Waals surface area contributed by atoms with E-state index in [1.165, 1.54) is 78.3 Å². The Labute approximate surface area is 351 Å². The van der Waals surface area contributed by atoms with Gasteiger partial charge >= 0.3 is 0 Å². The number of hydrogen-bond acceptors (Lipinski definition) is 4. The standard InChI is InChI=1S/C54H36B2N4/c1-5-19-37(20-6-1)57-45-29-15-13-27-41(45)55-43-35-52-44(36-51(43)59(39-23-9-3-10-24-39)49-33-17-31-47(57)53(49)55)56-42-28-14-16-30-46(42)58(38-21-7-2-8-22-38)48-32-18-34-50(54(48)56)60(52)40-25-11-4-12-26-40/h1-36H. The fourth-order valence-electron chi connectivity index (χ4n) is 10.7. The van der Waals surface area contributed by atoms with E-state index in [2.05, 4.69) is 238 Å². The van der Waals surface area contributed by atoms with Gasteiger partial charge in [-0.1, -0.05) is 121 Å². The Morgan fingerprint density at radius 3 is 0.817 bits per heavy atom. The van der Waals surface area contributed by atoms with Gasteiger partial charge in [-0.05, 0) is 130 Å². The van der Waals surface area contributed by atoms with Gasteiger partial charge in [0.05, 0.1) is 0 Å². The summed E-state index contributed by atoms with van der Waals surface area (Å²) in [6.07, 6.45) is 0. The molecular weight excluding hydrogens is 726 g/mol. The molecule has 13 rings (SSSR count). The highest BCUT2D eigenvalue weighted by Gasteiger charge is 2.47. The van der Waals surface area contributed by atoms with E-state index in [4.69, 9.17) is 0 Å². The molecule has 0 aromatic heterocycles. The minimum atomic E-state index is 0.00481. The molecule has 9 aromatic rings. The summed E-state index contributed by atoms with van der Waals surface area (Å²) in [5.74, 6) is 0. The zero-order valence-electron chi connectivity index (χ0n) is 32.7. The van der Waals surface area contributed by atoms with Crippen LogP contribution in [0.5, 0.6) is 0 Å². The predicted molar refractivity (Wildman–Crippen MR) is 254 cm³/mol. The van der Waals surface area contributed by atoms with Crippen LogP contribution in [0.3, 0.4) is 0 Å². The minimum Gasteiger partial charge on any atom is -0.311 e. The van der Waals surface area contributed by atoms with Crippen molar-refractivity contribution in [1.82, 2.24) is 0 Å². The lowest BCUT2D eigenvalue weighted by Crippen LogP contribution is -2.64. The lowest BCUT2D eigenvalue weighted by Gasteiger charge is -2.47. The lowest BCUT2D eigenvalue weighted by atomic mass is 9.31. The first-order valence-corrected chi connectivity index (χ1v) is 20.9. The molecule has 0 amide bonds. The molecule has 4 nitrogen and oxygen atoms in total. The van der Waals surface area contributed by atoms with Gasteiger partial charge in [-0.3, -0.25) is 0 Å². The van der Waals surface area contributed by atoms with Gasteiger partial charge in [-0.2, -0.15) is 0 Å². The molecule has 0 fully saturated rings. The number of rotatable bonds is 4. The normalized spacial score (nSPS) is 13.8. The van der Waals surface area contributed by atoms with Crippen LogP contribution in [-0.4, -0.2) is 13.4 Å². The third-order valence-electron chi connectivity index (χ3n) is 13.0. The van der Waals surface area contributed by atoms with Crippen molar-refractivity contribution in [2.24, 2.45) is 0 Å². The topological polar surface area (TPSA) is 13.0 Å². The molecule has 0 aliphatic carbocycles. The maximum Gasteiger partial charge on any atom is 0.252 e. The summed E-state index contributed by atoms with van der Waals surface area (Å²) in [6, 6.07) is 80.5. The predicted octanol–water partition coefficient (Wildman–Crippen LogP) is 9.85. The number of para-hydroxylation sites is 6. The zero-order chi connectivity index (χ0) is 39.3. The van der Waals surface area contributed by atoms with Gasteiger partial charge in [0.25, 0.3) is 13.4 Å². The van der Waals surface area contributed by atoms with E-state index in [9.17, 15) is 0 Å². The van der Waals surface area contributed by atoms with Gasteiger partial charge in [0.1, 0.15) is 0 Å². The average Bonchev–Trinajstić information content (AvgIpc) is 3.32. The number of hydrogen-bond donors (Lipinski definition) is 0. The first kappa shape index (κ1) is 33.3. The molecule has 0 saturated carbocycles. The fourth-order valence-corrected chi connectivity index (χ4v) is 10.7. The third kappa shape index (κ3) is 4.64. The molecule has 0 atom stereocenters. The van der Waals surface area contributed by atoms with Crippen LogP contribution in [0.1, 0.15) is 0 Å². The first-order valence-electron chi connectivity index (χ1n) is 20.9. The first-order chi connectivity index (χ1) is 29.8. The summed E-state index contributed by atoms with van der Waals surface area (Å²) in [5.41, 5.74) is 22.2. The van der Waals surface area contributed by atoms with Crippen LogP contribution in [0, 0.1) is 0 Å². The smallest absolute Gasteiger partial charge is 0.252 e. The molecular formula is C54H36B2N4. The molecule has 4 heterocycles. The Balaban J connectivity index is 1.14. The van der Waals surface area contributed by atoms with E-state index in [1.54, 1.807) is 0 Å². The molecule has 9 aromatic carbocycles. The molecule has 6 heteroatoms. The van der Waals surface area contributed by atoms with Crippen LogP contribution in [-0.2, 0) is 0 Å². The van der Waals surface area contributed by atoms with E-state index < -0.39 is 0 Å². The summed E-state index contributed by atoms with van der Waals surface area (Å²) in [6.45, 7) is 0.00962. The Bertz CT molecular complexity index is 2930. The Kier molecular flexibility index (Phi) is 7.16.